The molecule has 1 aliphatic carbocycles. The van der Waals surface area contributed by atoms with E-state index < -0.39 is 0 Å². The molecule has 4 aromatic rings. The number of rotatable bonds is 2. The van der Waals surface area contributed by atoms with Crippen molar-refractivity contribution in [2.75, 3.05) is 0 Å². The Balaban J connectivity index is 0.000000242. The van der Waals surface area contributed by atoms with E-state index in [0.717, 1.165) is 6.42 Å². The van der Waals surface area contributed by atoms with Gasteiger partial charge in [-0.1, -0.05) is 55.2 Å². The molecule has 32 heavy (non-hydrogen) atoms. The summed E-state index contributed by atoms with van der Waals surface area (Å²) in [5, 5.41) is 0. The predicted molar refractivity (Wildman–Crippen MR) is 126 cm³/mol. The molecule has 3 heteroatoms. The van der Waals surface area contributed by atoms with E-state index in [0.29, 0.717) is 5.92 Å². The topological polar surface area (TPSA) is 0 Å². The van der Waals surface area contributed by atoms with E-state index in [2.05, 4.69) is 112 Å². The molecule has 0 unspecified atom stereocenters. The molecule has 0 aromatic heterocycles. The first-order chi connectivity index (χ1) is 14.6. The van der Waals surface area contributed by atoms with Crippen molar-refractivity contribution in [2.24, 2.45) is 0 Å². The van der Waals surface area contributed by atoms with Crippen LogP contribution >= 0.6 is 0 Å². The van der Waals surface area contributed by atoms with Gasteiger partial charge in [0.05, 0.1) is 0 Å². The molecular formula is C29H28Cl2Zr-2. The van der Waals surface area contributed by atoms with Crippen molar-refractivity contribution in [3.05, 3.63) is 125 Å². The first-order valence-corrected chi connectivity index (χ1v) is 11.7. The van der Waals surface area contributed by atoms with E-state index in [1.54, 1.807) is 0 Å². The Kier molecular flexibility index (Phi) is 12.8. The summed E-state index contributed by atoms with van der Waals surface area (Å²) in [6.45, 7) is 6.57. The van der Waals surface area contributed by atoms with Crippen molar-refractivity contribution in [3.63, 3.8) is 0 Å². The average molecular weight is 539 g/mol. The SMILES string of the molecule is CC(C)c1cc[cH-]c1.C[C](=[Zr+2])c1ccccc1.[Cl-].[Cl-].[c-]1cccc2c1Cc1ccccc1-2. The van der Waals surface area contributed by atoms with Crippen molar-refractivity contribution in [1.82, 2.24) is 0 Å². The zero-order valence-corrected chi connectivity index (χ0v) is 22.7. The zero-order chi connectivity index (χ0) is 21.3. The minimum atomic E-state index is 0. The quantitative estimate of drug-likeness (QED) is 0.298. The van der Waals surface area contributed by atoms with E-state index in [-0.39, 0.29) is 24.8 Å². The molecule has 0 nitrogen and oxygen atoms in total. The summed E-state index contributed by atoms with van der Waals surface area (Å²) in [6.07, 6.45) is 1.05. The van der Waals surface area contributed by atoms with Gasteiger partial charge in [0.2, 0.25) is 0 Å². The molecule has 0 saturated carbocycles. The molecule has 0 fully saturated rings. The van der Waals surface area contributed by atoms with Gasteiger partial charge in [-0.15, -0.1) is 5.56 Å². The normalized spacial score (nSPS) is 10.2. The van der Waals surface area contributed by atoms with E-state index in [1.807, 2.05) is 12.1 Å². The molecule has 0 atom stereocenters. The number of hydrogen-bond acceptors (Lipinski definition) is 0. The Morgan fingerprint density at radius 2 is 1.53 bits per heavy atom. The number of benzene rings is 3. The molecule has 0 N–H and O–H groups in total. The van der Waals surface area contributed by atoms with Crippen LogP contribution in [0.1, 0.15) is 48.9 Å². The van der Waals surface area contributed by atoms with Gasteiger partial charge in [0.15, 0.2) is 0 Å². The molecule has 0 bridgehead atoms. The van der Waals surface area contributed by atoms with Crippen LogP contribution in [0.4, 0.5) is 0 Å². The minimum Gasteiger partial charge on any atom is -1.00 e. The number of fused-ring (bicyclic) bond motifs is 3. The van der Waals surface area contributed by atoms with Crippen LogP contribution in [0, 0.1) is 6.07 Å². The van der Waals surface area contributed by atoms with Gasteiger partial charge in [-0.05, 0) is 6.42 Å². The van der Waals surface area contributed by atoms with E-state index in [4.69, 9.17) is 0 Å². The maximum absolute atomic E-state index is 3.30. The summed E-state index contributed by atoms with van der Waals surface area (Å²) < 4.78 is 1.46. The van der Waals surface area contributed by atoms with Crippen LogP contribution in [0.2, 0.25) is 0 Å². The molecular weight excluding hydrogens is 510 g/mol. The first-order valence-electron chi connectivity index (χ1n) is 10.5. The van der Waals surface area contributed by atoms with Crippen LogP contribution in [-0.2, 0) is 30.7 Å². The van der Waals surface area contributed by atoms with Crippen LogP contribution in [0.3, 0.4) is 0 Å². The van der Waals surface area contributed by atoms with Crippen molar-refractivity contribution in [1.29, 1.82) is 0 Å². The van der Waals surface area contributed by atoms with Gasteiger partial charge >= 0.3 is 70.3 Å². The van der Waals surface area contributed by atoms with Gasteiger partial charge in [-0.3, -0.25) is 0 Å². The Morgan fingerprint density at radius 1 is 0.875 bits per heavy atom. The standard InChI is InChI=1S/C13H9.C8H11.C8H8.2ClH.Zr/c1-3-7-12-10(5-1)9-11-6-2-4-8-13(11)12;1-7(2)8-5-3-4-6-8;1-2-8-6-4-3-5-7-8;;;/h1-5,7-8H,9H2;3-7H,1-2H3;3-7H,1H3;2*1H;/q2*-1;;;;+2/p-2. The third kappa shape index (κ3) is 8.04. The second kappa shape index (κ2) is 14.5. The van der Waals surface area contributed by atoms with Crippen LogP contribution in [0.15, 0.2) is 97.1 Å². The van der Waals surface area contributed by atoms with E-state index in [9.17, 15) is 0 Å². The summed E-state index contributed by atoms with van der Waals surface area (Å²) in [4.78, 5) is 0. The smallest absolute Gasteiger partial charge is 0.0253 e. The van der Waals surface area contributed by atoms with Gasteiger partial charge in [0, 0.05) is 0 Å². The first kappa shape index (κ1) is 28.4. The summed E-state index contributed by atoms with van der Waals surface area (Å²) in [6, 6.07) is 37.1. The summed E-state index contributed by atoms with van der Waals surface area (Å²) >= 11 is 1.51. The number of halogens is 2. The third-order valence-electron chi connectivity index (χ3n) is 5.18. The molecule has 0 saturated heterocycles. The fourth-order valence-electron chi connectivity index (χ4n) is 3.46. The monoisotopic (exact) mass is 536 g/mol. The van der Waals surface area contributed by atoms with Crippen LogP contribution < -0.4 is 24.8 Å². The maximum Gasteiger partial charge on any atom is -0.0253 e. The largest absolute Gasteiger partial charge is 1.00 e. The Bertz CT molecular complexity index is 1020. The van der Waals surface area contributed by atoms with Crippen LogP contribution in [0.5, 0.6) is 0 Å². The maximum atomic E-state index is 3.30. The fourth-order valence-corrected chi connectivity index (χ4v) is 3.87. The minimum absolute atomic E-state index is 0. The van der Waals surface area contributed by atoms with Gasteiger partial charge in [-0.25, -0.2) is 6.07 Å². The molecule has 0 spiro atoms. The van der Waals surface area contributed by atoms with Crippen LogP contribution in [0.25, 0.3) is 11.1 Å². The number of hydrogen-bond donors (Lipinski definition) is 0. The summed E-state index contributed by atoms with van der Waals surface area (Å²) in [5.41, 5.74) is 8.32. The fraction of sp³-hybridized carbons (Fsp3) is 0.172. The van der Waals surface area contributed by atoms with Crippen molar-refractivity contribution in [2.45, 2.75) is 33.1 Å². The predicted octanol–water partition coefficient (Wildman–Crippen LogP) is 1.37. The van der Waals surface area contributed by atoms with Crippen molar-refractivity contribution in [3.8, 4) is 11.1 Å². The van der Waals surface area contributed by atoms with Crippen molar-refractivity contribution < 1.29 is 49.0 Å². The zero-order valence-electron chi connectivity index (χ0n) is 18.8. The average Bonchev–Trinajstić information content (AvgIpc) is 3.44. The summed E-state index contributed by atoms with van der Waals surface area (Å²) in [5.74, 6) is 0.685. The van der Waals surface area contributed by atoms with E-state index in [1.165, 1.54) is 60.8 Å². The molecule has 0 heterocycles. The van der Waals surface area contributed by atoms with Gasteiger partial charge in [0.25, 0.3) is 0 Å². The molecule has 0 aliphatic heterocycles. The van der Waals surface area contributed by atoms with Crippen LogP contribution in [-0.4, -0.2) is 3.21 Å². The van der Waals surface area contributed by atoms with E-state index >= 15 is 0 Å². The molecule has 1 aliphatic rings. The second-order valence-corrected chi connectivity index (χ2v) is 9.60. The molecule has 5 rings (SSSR count). The Hall–Kier alpha value is -1.66. The second-order valence-electron chi connectivity index (χ2n) is 7.76. The Labute approximate surface area is 220 Å². The Morgan fingerprint density at radius 3 is 2.09 bits per heavy atom. The summed E-state index contributed by atoms with van der Waals surface area (Å²) in [7, 11) is 0. The van der Waals surface area contributed by atoms with Gasteiger partial charge < -0.3 is 24.8 Å². The molecule has 4 aromatic carbocycles. The van der Waals surface area contributed by atoms with Gasteiger partial charge in [0.1, 0.15) is 0 Å². The molecule has 0 amide bonds. The molecule has 0 radical (unpaired) electrons. The van der Waals surface area contributed by atoms with Gasteiger partial charge in [-0.2, -0.15) is 53.6 Å². The molecule has 164 valence electrons. The van der Waals surface area contributed by atoms with Crippen molar-refractivity contribution >= 4 is 3.21 Å². The third-order valence-corrected chi connectivity index (χ3v) is 5.89.